The van der Waals surface area contributed by atoms with Crippen LogP contribution >= 0.6 is 0 Å². The third kappa shape index (κ3) is 11.9. The topological polar surface area (TPSA) is 298 Å². The number of hydrazine groups is 1. The molecule has 20 heteroatoms. The van der Waals surface area contributed by atoms with Crippen molar-refractivity contribution in [2.75, 3.05) is 38.6 Å². The van der Waals surface area contributed by atoms with Crippen LogP contribution in [-0.2, 0) is 19.1 Å². The number of fused-ring (bicyclic) bond motifs is 13. The number of rotatable bonds is 8. The molecule has 0 radical (unpaired) electrons. The van der Waals surface area contributed by atoms with E-state index in [1.54, 1.807) is 39.0 Å². The number of hydrogen-bond acceptors (Lipinski definition) is 18. The maximum absolute atomic E-state index is 14.8. The van der Waals surface area contributed by atoms with Gasteiger partial charge < -0.3 is 55.6 Å². The van der Waals surface area contributed by atoms with Crippen LogP contribution in [-0.4, -0.2) is 110 Å². The standard InChI is InChI=1S/C53H68N8O11.CH4O/c1-28(2)25-59-21-19-53(20-22-59)57-42-39-40-46(64)34(8)49-41(39)50(66)52(9,72-49)70-23-11-14-30(4)48(71-38(62)27-60(55)26-37(54)35-15-17-36(18-16-35)61(68)69)33(7)45(63)32(6)24-29(3)12-10-13-31(5)51(67)56-44(47(40)65)43(42)58-53;1-2/h10-13,15-18,23,26,28-30,32-33,45,48,63-65H,14,19-22,24-25,27,54-55H2,1-9H3,(H,56,67);2H,1H3/b12-10+,23-11+,31-13-,37-26-;/t29?,30-,32-,33-,45?,48?,52?;/m1./s1. The molecule has 9 N–H and O–H groups in total. The lowest BCUT2D eigenvalue weighted by Gasteiger charge is -2.36. The predicted octanol–water partition coefficient (Wildman–Crippen LogP) is 5.78. The highest BCUT2D eigenvalue weighted by molar-refractivity contribution is 6.19. The zero-order chi connectivity index (χ0) is 54.6. The van der Waals surface area contributed by atoms with E-state index in [1.165, 1.54) is 43.7 Å². The van der Waals surface area contributed by atoms with Gasteiger partial charge in [-0.2, -0.15) is 0 Å². The van der Waals surface area contributed by atoms with Crippen LogP contribution in [0, 0.1) is 46.6 Å². The van der Waals surface area contributed by atoms with Gasteiger partial charge in [0.1, 0.15) is 35.2 Å². The van der Waals surface area contributed by atoms with Gasteiger partial charge in [0.15, 0.2) is 11.4 Å². The first kappa shape index (κ1) is 56.4. The summed E-state index contributed by atoms with van der Waals surface area (Å²) in [5.41, 5.74) is 6.19. The summed E-state index contributed by atoms with van der Waals surface area (Å²) in [6.45, 7) is 18.4. The molecule has 1 amide bonds. The molecule has 1 fully saturated rings. The average Bonchev–Trinajstić information content (AvgIpc) is 3.85. The summed E-state index contributed by atoms with van der Waals surface area (Å²) >= 11 is 0. The van der Waals surface area contributed by atoms with E-state index in [0.29, 0.717) is 49.4 Å². The molecular formula is C54H72N8O12. The summed E-state index contributed by atoms with van der Waals surface area (Å²) < 4.78 is 18.6. The number of allylic oxidation sites excluding steroid dienone is 4. The summed E-state index contributed by atoms with van der Waals surface area (Å²) in [5.74, 6) is 0.665. The Hall–Kier alpha value is -6.87. The van der Waals surface area contributed by atoms with Crippen LogP contribution < -0.4 is 32.3 Å². The first-order chi connectivity index (χ1) is 34.9. The van der Waals surface area contributed by atoms with Gasteiger partial charge in [-0.1, -0.05) is 59.8 Å². The number of nitro groups is 1. The van der Waals surface area contributed by atoms with E-state index in [-0.39, 0.29) is 79.4 Å². The van der Waals surface area contributed by atoms with Crippen molar-refractivity contribution < 1.29 is 53.9 Å². The Kier molecular flexibility index (Phi) is 17.6. The lowest BCUT2D eigenvalue weighted by atomic mass is 9.80. The number of piperidine rings is 1. The SMILES string of the molecule is C/C1=C/C=C/C(C)C[C@@H](C)C(O)[C@@H](C)C(OC(=O)CN(N)/C=C(\N)c2ccc([N+](=O)[O-])cc2)[C@H](C)C/C=C/OC2(C)Oc3c(C)c(O)c4c(O)c(c5c(c4c3C2=O)=NC2(CCN(CC(C)C)CC2)N=5)NC1=O.CO. The van der Waals surface area contributed by atoms with Crippen LogP contribution in [0.3, 0.4) is 0 Å². The van der Waals surface area contributed by atoms with E-state index in [1.807, 2.05) is 26.8 Å². The summed E-state index contributed by atoms with van der Waals surface area (Å²) in [4.78, 5) is 65.7. The number of esters is 1. The molecule has 0 aromatic heterocycles. The maximum Gasteiger partial charge on any atom is 0.327 e. The number of nitrogens with zero attached hydrogens (tertiary/aromatic N) is 5. The highest BCUT2D eigenvalue weighted by Gasteiger charge is 2.50. The van der Waals surface area contributed by atoms with Crippen molar-refractivity contribution in [2.24, 2.45) is 51.2 Å². The number of ketones is 1. The van der Waals surface area contributed by atoms with Crippen molar-refractivity contribution >= 4 is 45.5 Å². The lowest BCUT2D eigenvalue weighted by Crippen LogP contribution is -2.43. The van der Waals surface area contributed by atoms with Gasteiger partial charge >= 0.3 is 11.8 Å². The number of carbonyl (C=O) groups excluding carboxylic acids is 3. The number of aliphatic hydroxyl groups is 2. The van der Waals surface area contributed by atoms with E-state index < -0.39 is 70.4 Å². The first-order valence-electron chi connectivity index (χ1n) is 25.0. The molecular weight excluding hydrogens is 953 g/mol. The molecule has 5 aliphatic rings. The molecule has 7 atom stereocenters. The second-order valence-corrected chi connectivity index (χ2v) is 20.6. The van der Waals surface area contributed by atoms with Crippen molar-refractivity contribution in [3.63, 3.8) is 0 Å². The average molecular weight is 1030 g/mol. The molecule has 400 valence electrons. The number of phenolic OH excluding ortho intramolecular Hbond substituents is 2. The summed E-state index contributed by atoms with van der Waals surface area (Å²) in [6.07, 6.45) is 9.69. The zero-order valence-corrected chi connectivity index (χ0v) is 43.9. The molecule has 74 heavy (non-hydrogen) atoms. The molecule has 3 aromatic carbocycles. The normalized spacial score (nSPS) is 26.8. The minimum absolute atomic E-state index is 0.0353. The number of phenols is 2. The molecule has 4 unspecified atom stereocenters. The fraction of sp³-hybridized carbons (Fsp3) is 0.500. The fourth-order valence-electron chi connectivity index (χ4n) is 10.2. The molecule has 0 aliphatic carbocycles. The zero-order valence-electron chi connectivity index (χ0n) is 43.9. The minimum atomic E-state index is -1.95. The van der Waals surface area contributed by atoms with Crippen molar-refractivity contribution in [2.45, 2.75) is 112 Å². The van der Waals surface area contributed by atoms with Crippen LogP contribution in [0.5, 0.6) is 17.2 Å². The molecule has 20 nitrogen and oxygen atoms in total. The maximum atomic E-state index is 14.8. The Morgan fingerprint density at radius 1 is 1.04 bits per heavy atom. The number of anilines is 1. The van der Waals surface area contributed by atoms with E-state index in [2.05, 4.69) is 24.1 Å². The van der Waals surface area contributed by atoms with Crippen LogP contribution in [0.4, 0.5) is 11.4 Å². The van der Waals surface area contributed by atoms with Gasteiger partial charge in [-0.3, -0.25) is 34.5 Å². The number of carbonyl (C=O) groups is 3. The number of ether oxygens (including phenoxy) is 3. The number of aliphatic hydroxyl groups excluding tert-OH is 2. The molecule has 3 aromatic rings. The van der Waals surface area contributed by atoms with Gasteiger partial charge in [0.05, 0.1) is 39.3 Å². The second-order valence-electron chi connectivity index (χ2n) is 20.6. The van der Waals surface area contributed by atoms with E-state index >= 15 is 0 Å². The molecule has 1 spiro atoms. The third-order valence-corrected chi connectivity index (χ3v) is 14.2. The number of nitrogens with one attached hydrogen (secondary N) is 1. The second kappa shape index (κ2) is 23.1. The summed E-state index contributed by atoms with van der Waals surface area (Å²) in [7, 11) is 1.00. The van der Waals surface area contributed by atoms with Crippen LogP contribution in [0.1, 0.15) is 103 Å². The number of aromatic hydroxyl groups is 2. The van der Waals surface area contributed by atoms with Gasteiger partial charge in [-0.15, -0.1) is 0 Å². The number of non-ortho nitro benzene ring substituents is 1. The number of amides is 1. The minimum Gasteiger partial charge on any atom is -0.507 e. The summed E-state index contributed by atoms with van der Waals surface area (Å²) in [6, 6.07) is 5.54. The van der Waals surface area contributed by atoms with Crippen LogP contribution in [0.15, 0.2) is 76.6 Å². The number of Topliss-reactive ketones (excluding diaryl/α,β-unsaturated/α-hetero) is 1. The highest BCUT2D eigenvalue weighted by atomic mass is 16.7. The Morgan fingerprint density at radius 2 is 1.69 bits per heavy atom. The van der Waals surface area contributed by atoms with E-state index in [4.69, 9.17) is 40.9 Å². The number of nitro benzene ring substituents is 1. The molecule has 5 aliphatic heterocycles. The largest absolute Gasteiger partial charge is 0.507 e. The van der Waals surface area contributed by atoms with Gasteiger partial charge in [0.2, 0.25) is 0 Å². The summed E-state index contributed by atoms with van der Waals surface area (Å²) in [5, 5.41) is 58.4. The smallest absolute Gasteiger partial charge is 0.327 e. The number of likely N-dealkylation sites (tertiary alicyclic amines) is 1. The Balaban J connectivity index is 0.00000440. The van der Waals surface area contributed by atoms with Crippen LogP contribution in [0.2, 0.25) is 0 Å². The fourth-order valence-corrected chi connectivity index (χ4v) is 10.2. The van der Waals surface area contributed by atoms with E-state index in [0.717, 1.165) is 18.7 Å². The lowest BCUT2D eigenvalue weighted by molar-refractivity contribution is -0.384. The monoisotopic (exact) mass is 1020 g/mol. The molecule has 0 saturated carbocycles. The highest BCUT2D eigenvalue weighted by Crippen LogP contribution is 2.50. The molecule has 8 rings (SSSR count). The van der Waals surface area contributed by atoms with Crippen molar-refractivity contribution in [1.29, 1.82) is 0 Å². The van der Waals surface area contributed by atoms with Gasteiger partial charge in [0.25, 0.3) is 17.4 Å². The van der Waals surface area contributed by atoms with Gasteiger partial charge in [-0.25, -0.2) is 5.84 Å². The number of benzene rings is 3. The first-order valence-corrected chi connectivity index (χ1v) is 25.0. The third-order valence-electron chi connectivity index (χ3n) is 14.2. The predicted molar refractivity (Wildman–Crippen MR) is 279 cm³/mol. The van der Waals surface area contributed by atoms with Crippen molar-refractivity contribution in [1.82, 2.24) is 9.91 Å². The molecule has 1 saturated heterocycles. The van der Waals surface area contributed by atoms with Crippen molar-refractivity contribution in [3.05, 3.63) is 104 Å². The Bertz CT molecular complexity index is 2890. The Morgan fingerprint density at radius 3 is 2.32 bits per heavy atom. The molecule has 5 heterocycles. The van der Waals surface area contributed by atoms with Gasteiger partial charge in [0, 0.05) is 87.3 Å². The van der Waals surface area contributed by atoms with E-state index in [9.17, 15) is 39.8 Å². The quantitative estimate of drug-likeness (QED) is 0.0462. The van der Waals surface area contributed by atoms with Gasteiger partial charge in [-0.05, 0) is 74.1 Å². The number of hydrogen-bond donors (Lipinski definition) is 7. The Labute approximate surface area is 430 Å². The molecule has 5 bridgehead atoms. The van der Waals surface area contributed by atoms with Crippen LogP contribution in [0.25, 0.3) is 16.5 Å². The number of nitrogens with two attached hydrogens (primary N) is 2. The van der Waals surface area contributed by atoms with Crippen molar-refractivity contribution in [3.8, 4) is 17.2 Å².